The summed E-state index contributed by atoms with van der Waals surface area (Å²) in [5, 5.41) is 18.5. The summed E-state index contributed by atoms with van der Waals surface area (Å²) >= 11 is 5.88. The molecule has 2 aromatic carbocycles. The van der Waals surface area contributed by atoms with Crippen LogP contribution >= 0.6 is 11.6 Å². The lowest BCUT2D eigenvalue weighted by molar-refractivity contribution is 0.143. The quantitative estimate of drug-likeness (QED) is 0.499. The molecule has 0 fully saturated rings. The van der Waals surface area contributed by atoms with Crippen LogP contribution < -0.4 is 14.9 Å². The molecule has 0 bridgehead atoms. The van der Waals surface area contributed by atoms with Crippen molar-refractivity contribution in [1.82, 2.24) is 4.57 Å². The number of ether oxygens (including phenoxy) is 2. The van der Waals surface area contributed by atoms with E-state index in [0.29, 0.717) is 35.4 Å². The van der Waals surface area contributed by atoms with Crippen molar-refractivity contribution in [1.29, 1.82) is 0 Å². The van der Waals surface area contributed by atoms with Gasteiger partial charge in [-0.15, -0.1) is 0 Å². The van der Waals surface area contributed by atoms with Gasteiger partial charge in [0, 0.05) is 13.0 Å². The molecule has 2 N–H and O–H groups in total. The van der Waals surface area contributed by atoms with Crippen molar-refractivity contribution < 1.29 is 28.9 Å². The minimum absolute atomic E-state index is 0.0109. The molecule has 0 saturated heterocycles. The summed E-state index contributed by atoms with van der Waals surface area (Å²) in [6.45, 7) is 2.11. The van der Waals surface area contributed by atoms with Crippen LogP contribution in [0.3, 0.4) is 0 Å². The number of aliphatic hydroxyl groups excluding tert-OH is 1. The highest BCUT2D eigenvalue weighted by atomic mass is 35.5. The Morgan fingerprint density at radius 3 is 2.71 bits per heavy atom. The first-order valence-corrected chi connectivity index (χ1v) is 10.0. The summed E-state index contributed by atoms with van der Waals surface area (Å²) in [5.41, 5.74) is 0.642. The number of pyridine rings is 1. The maximum atomic E-state index is 14.4. The Morgan fingerprint density at radius 1 is 1.26 bits per heavy atom. The number of carbonyl (C=O) groups is 1. The minimum Gasteiger partial charge on any atom is -0.491 e. The molecular formula is C22H21ClFNO6. The largest absolute Gasteiger partial charge is 0.511 e. The first-order valence-electron chi connectivity index (χ1n) is 9.63. The Balaban J connectivity index is 2.24. The zero-order valence-electron chi connectivity index (χ0n) is 16.7. The maximum Gasteiger partial charge on any atom is 0.511 e. The molecule has 0 atom stereocenters. The summed E-state index contributed by atoms with van der Waals surface area (Å²) < 4.78 is 26.4. The standard InChI is InChI=1S/C22H21ClFNO6/c1-2-8-30-17-11-13(9-14-4-3-5-16(23)19(14)24)10-15-20(17)25(6-7-26)12-18(21(15)27)31-22(28)29/h3-5,10-12,26H,2,6-9H2,1H3,(H,28,29). The minimum atomic E-state index is -1.63. The Bertz CT molecular complexity index is 1180. The van der Waals surface area contributed by atoms with Crippen molar-refractivity contribution in [3.8, 4) is 11.5 Å². The molecule has 0 aliphatic heterocycles. The first kappa shape index (κ1) is 22.6. The lowest BCUT2D eigenvalue weighted by Crippen LogP contribution is -2.18. The van der Waals surface area contributed by atoms with Gasteiger partial charge in [-0.25, -0.2) is 9.18 Å². The van der Waals surface area contributed by atoms with Gasteiger partial charge in [0.15, 0.2) is 5.75 Å². The number of aromatic nitrogens is 1. The molecule has 0 saturated carbocycles. The average molecular weight is 450 g/mol. The molecule has 0 amide bonds. The highest BCUT2D eigenvalue weighted by Crippen LogP contribution is 2.30. The number of hydrogen-bond acceptors (Lipinski definition) is 5. The van der Waals surface area contributed by atoms with Crippen LogP contribution in [-0.4, -0.2) is 34.1 Å². The lowest BCUT2D eigenvalue weighted by atomic mass is 10.0. The molecule has 7 nitrogen and oxygen atoms in total. The maximum absolute atomic E-state index is 14.4. The number of hydrogen-bond donors (Lipinski definition) is 2. The molecule has 1 heterocycles. The summed E-state index contributed by atoms with van der Waals surface area (Å²) in [7, 11) is 0. The second kappa shape index (κ2) is 9.80. The number of halogens is 2. The van der Waals surface area contributed by atoms with Crippen molar-refractivity contribution in [2.75, 3.05) is 13.2 Å². The monoisotopic (exact) mass is 449 g/mol. The molecule has 0 aliphatic carbocycles. The van der Waals surface area contributed by atoms with Crippen molar-refractivity contribution in [2.24, 2.45) is 0 Å². The number of nitrogens with zero attached hydrogens (tertiary/aromatic N) is 1. The number of rotatable bonds is 8. The number of benzene rings is 2. The fraction of sp³-hybridized carbons (Fsp3) is 0.273. The second-order valence-electron chi connectivity index (χ2n) is 6.84. The van der Waals surface area contributed by atoms with Crippen molar-refractivity contribution in [3.05, 3.63) is 68.7 Å². The third-order valence-electron chi connectivity index (χ3n) is 4.59. The van der Waals surface area contributed by atoms with E-state index in [-0.39, 0.29) is 30.0 Å². The van der Waals surface area contributed by atoms with Gasteiger partial charge in [-0.2, -0.15) is 0 Å². The fourth-order valence-electron chi connectivity index (χ4n) is 3.31. The van der Waals surface area contributed by atoms with E-state index in [4.69, 9.17) is 21.4 Å². The van der Waals surface area contributed by atoms with E-state index in [9.17, 15) is 19.1 Å². The van der Waals surface area contributed by atoms with Gasteiger partial charge in [-0.3, -0.25) is 4.79 Å². The van der Waals surface area contributed by atoms with Crippen LogP contribution in [0, 0.1) is 5.82 Å². The molecule has 164 valence electrons. The fourth-order valence-corrected chi connectivity index (χ4v) is 3.51. The predicted octanol–water partition coefficient (Wildman–Crippen LogP) is 4.22. The summed E-state index contributed by atoms with van der Waals surface area (Å²) in [4.78, 5) is 24.0. The van der Waals surface area contributed by atoms with Gasteiger partial charge < -0.3 is 24.3 Å². The molecule has 3 aromatic rings. The SMILES string of the molecule is CCCOc1cc(Cc2cccc(Cl)c2F)cc2c(=O)c(OC(=O)O)cn(CCO)c12. The zero-order valence-corrected chi connectivity index (χ0v) is 17.5. The van der Waals surface area contributed by atoms with Gasteiger partial charge in [0.2, 0.25) is 5.43 Å². The Labute approximate surface area is 182 Å². The Hall–Kier alpha value is -3.10. The molecule has 31 heavy (non-hydrogen) atoms. The molecule has 0 aliphatic rings. The van der Waals surface area contributed by atoms with Gasteiger partial charge in [0.1, 0.15) is 11.6 Å². The van der Waals surface area contributed by atoms with E-state index in [0.717, 1.165) is 0 Å². The normalized spacial score (nSPS) is 11.0. The third kappa shape index (κ3) is 4.98. The van der Waals surface area contributed by atoms with E-state index in [1.165, 1.54) is 16.8 Å². The average Bonchev–Trinajstić information content (AvgIpc) is 2.72. The number of carboxylic acid groups (broad SMARTS) is 1. The van der Waals surface area contributed by atoms with E-state index in [2.05, 4.69) is 4.74 Å². The van der Waals surface area contributed by atoms with E-state index < -0.39 is 23.2 Å². The van der Waals surface area contributed by atoms with E-state index in [1.807, 2.05) is 6.92 Å². The van der Waals surface area contributed by atoms with Crippen LogP contribution in [0.1, 0.15) is 24.5 Å². The highest BCUT2D eigenvalue weighted by molar-refractivity contribution is 6.30. The van der Waals surface area contributed by atoms with Crippen LogP contribution in [0.15, 0.2) is 41.3 Å². The molecular weight excluding hydrogens is 429 g/mol. The Kier molecular flexibility index (Phi) is 7.14. The van der Waals surface area contributed by atoms with Crippen LogP contribution in [-0.2, 0) is 13.0 Å². The topological polar surface area (TPSA) is 98.0 Å². The van der Waals surface area contributed by atoms with Gasteiger partial charge in [0.05, 0.1) is 35.3 Å². The van der Waals surface area contributed by atoms with Crippen LogP contribution in [0.2, 0.25) is 5.02 Å². The summed E-state index contributed by atoms with van der Waals surface area (Å²) in [6, 6.07) is 7.90. The summed E-state index contributed by atoms with van der Waals surface area (Å²) in [6.07, 6.45) is 0.434. The zero-order chi connectivity index (χ0) is 22.5. The van der Waals surface area contributed by atoms with Crippen molar-refractivity contribution in [2.45, 2.75) is 26.3 Å². The second-order valence-corrected chi connectivity index (χ2v) is 7.24. The molecule has 0 spiro atoms. The lowest BCUT2D eigenvalue weighted by Gasteiger charge is -2.17. The Morgan fingerprint density at radius 2 is 2.03 bits per heavy atom. The third-order valence-corrected chi connectivity index (χ3v) is 4.88. The van der Waals surface area contributed by atoms with Crippen molar-refractivity contribution in [3.63, 3.8) is 0 Å². The van der Waals surface area contributed by atoms with E-state index in [1.54, 1.807) is 24.3 Å². The van der Waals surface area contributed by atoms with Gasteiger partial charge >= 0.3 is 6.16 Å². The van der Waals surface area contributed by atoms with Gasteiger partial charge in [-0.1, -0.05) is 30.7 Å². The smallest absolute Gasteiger partial charge is 0.491 e. The van der Waals surface area contributed by atoms with Crippen LogP contribution in [0.5, 0.6) is 11.5 Å². The predicted molar refractivity (Wildman–Crippen MR) is 114 cm³/mol. The van der Waals surface area contributed by atoms with Crippen LogP contribution in [0.25, 0.3) is 10.9 Å². The molecule has 3 rings (SSSR count). The number of aliphatic hydroxyl groups is 1. The molecule has 0 radical (unpaired) electrons. The highest BCUT2D eigenvalue weighted by Gasteiger charge is 2.18. The molecule has 0 unspecified atom stereocenters. The molecule has 9 heteroatoms. The van der Waals surface area contributed by atoms with E-state index >= 15 is 0 Å². The first-order chi connectivity index (χ1) is 14.8. The van der Waals surface area contributed by atoms with Gasteiger partial charge in [-0.05, 0) is 35.7 Å². The summed E-state index contributed by atoms with van der Waals surface area (Å²) in [5.74, 6) is -0.592. The number of fused-ring (bicyclic) bond motifs is 1. The van der Waals surface area contributed by atoms with Gasteiger partial charge in [0.25, 0.3) is 0 Å². The van der Waals surface area contributed by atoms with Crippen LogP contribution in [0.4, 0.5) is 9.18 Å². The van der Waals surface area contributed by atoms with Crippen molar-refractivity contribution >= 4 is 28.7 Å². The molecule has 1 aromatic heterocycles.